The molecule has 0 rings (SSSR count). The molecule has 0 aliphatic heterocycles. The van der Waals surface area contributed by atoms with E-state index in [0.29, 0.717) is 0 Å². The maximum atomic E-state index is 9.71. The molecule has 1 unspecified atom stereocenters. The first-order valence-electron chi connectivity index (χ1n) is 2.20. The molecule has 11 heavy (non-hydrogen) atoms. The molecule has 0 saturated heterocycles. The Hall–Kier alpha value is 0.761. The topological polar surface area (TPSA) is 106 Å². The predicted octanol–water partition coefficient (Wildman–Crippen LogP) is -3.76. The number of aliphatic carboxylic acids is 2. The number of nitrogens with two attached hydrogens (primary N) is 1. The van der Waals surface area contributed by atoms with E-state index in [1.54, 1.807) is 0 Å². The van der Waals surface area contributed by atoms with E-state index in [-0.39, 0.29) is 61.3 Å². The molecule has 5 nitrogen and oxygen atoms in total. The Balaban J connectivity index is -0.000000320. The Bertz CT molecular complexity index is 142. The molecule has 0 radical (unpaired) electrons. The SMILES string of the molecule is Cl.NC(CC(=O)[O-])C(=O)[O-].[Ba+2]. The van der Waals surface area contributed by atoms with Crippen molar-refractivity contribution in [3.63, 3.8) is 0 Å². The fourth-order valence-electron chi connectivity index (χ4n) is 0.263. The van der Waals surface area contributed by atoms with Crippen molar-refractivity contribution >= 4 is 73.2 Å². The van der Waals surface area contributed by atoms with E-state index < -0.39 is 24.4 Å². The van der Waals surface area contributed by atoms with E-state index in [1.807, 2.05) is 0 Å². The van der Waals surface area contributed by atoms with Gasteiger partial charge < -0.3 is 25.5 Å². The molecular weight excluding hydrogens is 299 g/mol. The Morgan fingerprint density at radius 2 is 1.73 bits per heavy atom. The molecule has 0 spiro atoms. The fraction of sp³-hybridized carbons (Fsp3) is 0.500. The maximum Gasteiger partial charge on any atom is 2.00 e. The van der Waals surface area contributed by atoms with Crippen LogP contribution in [0.1, 0.15) is 6.42 Å². The standard InChI is InChI=1S/C4H7NO4.Ba.ClH/c5-2(4(8)9)1-3(6)7;;/h2H,1,5H2,(H,6,7)(H,8,9);;1H/q;+2;/p-2. The third-order valence-corrected chi connectivity index (χ3v) is 0.689. The number of halogens is 1. The van der Waals surface area contributed by atoms with Gasteiger partial charge in [0.15, 0.2) is 0 Å². The molecule has 0 fully saturated rings. The van der Waals surface area contributed by atoms with Gasteiger partial charge in [-0.15, -0.1) is 12.4 Å². The Kier molecular flexibility index (Phi) is 14.3. The second-order valence-corrected chi connectivity index (χ2v) is 1.50. The zero-order chi connectivity index (χ0) is 7.44. The smallest absolute Gasteiger partial charge is 0.550 e. The van der Waals surface area contributed by atoms with E-state index in [1.165, 1.54) is 0 Å². The molecule has 7 heteroatoms. The average Bonchev–Trinajstić information content (AvgIpc) is 1.63. The molecule has 0 aliphatic carbocycles. The molecule has 0 aromatic carbocycles. The van der Waals surface area contributed by atoms with Crippen LogP contribution in [0, 0.1) is 0 Å². The maximum absolute atomic E-state index is 9.71. The summed E-state index contributed by atoms with van der Waals surface area (Å²) in [5, 5.41) is 19.3. The predicted molar refractivity (Wildman–Crippen MR) is 35.6 cm³/mol. The monoisotopic (exact) mass is 305 g/mol. The summed E-state index contributed by atoms with van der Waals surface area (Å²) in [7, 11) is 0. The summed E-state index contributed by atoms with van der Waals surface area (Å²) in [5.74, 6) is -3.08. The molecule has 0 aromatic rings. The molecular formula is C4H6BaClNO4. The van der Waals surface area contributed by atoms with Crippen molar-refractivity contribution in [3.05, 3.63) is 0 Å². The van der Waals surface area contributed by atoms with Crippen molar-refractivity contribution in [2.75, 3.05) is 0 Å². The third kappa shape index (κ3) is 10.8. The molecule has 0 heterocycles. The minimum Gasteiger partial charge on any atom is -0.550 e. The van der Waals surface area contributed by atoms with E-state index in [4.69, 9.17) is 5.73 Å². The summed E-state index contributed by atoms with van der Waals surface area (Å²) in [4.78, 5) is 19.3. The summed E-state index contributed by atoms with van der Waals surface area (Å²) < 4.78 is 0. The number of carbonyl (C=O) groups excluding carboxylic acids is 2. The van der Waals surface area contributed by atoms with Gasteiger partial charge in [0.1, 0.15) is 0 Å². The summed E-state index contributed by atoms with van der Waals surface area (Å²) in [6, 6.07) is -1.46. The van der Waals surface area contributed by atoms with E-state index >= 15 is 0 Å². The molecule has 0 amide bonds. The number of carbonyl (C=O) groups is 2. The summed E-state index contributed by atoms with van der Waals surface area (Å²) in [5.41, 5.74) is 4.73. The number of carboxylic acid groups (broad SMARTS) is 2. The van der Waals surface area contributed by atoms with Crippen LogP contribution in [0.4, 0.5) is 0 Å². The average molecular weight is 305 g/mol. The molecule has 0 saturated carbocycles. The minimum absolute atomic E-state index is 0. The van der Waals surface area contributed by atoms with Crippen molar-refractivity contribution in [1.82, 2.24) is 0 Å². The zero-order valence-electron chi connectivity index (χ0n) is 5.61. The summed E-state index contributed by atoms with van der Waals surface area (Å²) in [6.07, 6.45) is -0.706. The first kappa shape index (κ1) is 17.7. The van der Waals surface area contributed by atoms with Gasteiger partial charge in [0.2, 0.25) is 0 Å². The molecule has 0 aliphatic rings. The summed E-state index contributed by atoms with van der Waals surface area (Å²) >= 11 is 0. The van der Waals surface area contributed by atoms with E-state index in [2.05, 4.69) is 0 Å². The Morgan fingerprint density at radius 3 is 1.82 bits per heavy atom. The van der Waals surface area contributed by atoms with Crippen LogP contribution in [-0.4, -0.2) is 66.9 Å². The second-order valence-electron chi connectivity index (χ2n) is 1.50. The van der Waals surface area contributed by atoms with Gasteiger partial charge in [-0.1, -0.05) is 0 Å². The van der Waals surface area contributed by atoms with Gasteiger partial charge in [-0.25, -0.2) is 0 Å². The molecule has 0 bridgehead atoms. The fourth-order valence-corrected chi connectivity index (χ4v) is 0.263. The first-order valence-corrected chi connectivity index (χ1v) is 2.20. The van der Waals surface area contributed by atoms with Crippen LogP contribution in [0.2, 0.25) is 0 Å². The van der Waals surface area contributed by atoms with Crippen LogP contribution in [0.3, 0.4) is 0 Å². The molecule has 0 aromatic heterocycles. The van der Waals surface area contributed by atoms with E-state index in [9.17, 15) is 19.8 Å². The van der Waals surface area contributed by atoms with Crippen molar-refractivity contribution < 1.29 is 19.8 Å². The first-order chi connectivity index (χ1) is 4.04. The number of rotatable bonds is 3. The largest absolute Gasteiger partial charge is 2.00 e. The van der Waals surface area contributed by atoms with Gasteiger partial charge in [-0.05, 0) is 0 Å². The van der Waals surface area contributed by atoms with Crippen molar-refractivity contribution in [2.24, 2.45) is 5.73 Å². The Labute approximate surface area is 110 Å². The quantitative estimate of drug-likeness (QED) is 0.539. The summed E-state index contributed by atoms with van der Waals surface area (Å²) in [6.45, 7) is 0. The minimum atomic E-state index is -1.58. The number of hydrogen-bond donors (Lipinski definition) is 1. The van der Waals surface area contributed by atoms with Gasteiger partial charge in [0.05, 0.1) is 5.97 Å². The molecule has 60 valence electrons. The van der Waals surface area contributed by atoms with Crippen LogP contribution in [-0.2, 0) is 9.59 Å². The number of carboxylic acids is 2. The molecule has 2 N–H and O–H groups in total. The third-order valence-electron chi connectivity index (χ3n) is 0.689. The Morgan fingerprint density at radius 1 is 1.36 bits per heavy atom. The van der Waals surface area contributed by atoms with Crippen LogP contribution < -0.4 is 15.9 Å². The van der Waals surface area contributed by atoms with Crippen LogP contribution in [0.5, 0.6) is 0 Å². The second kappa shape index (κ2) is 8.85. The zero-order valence-corrected chi connectivity index (χ0v) is 10.9. The number of hydrogen-bond acceptors (Lipinski definition) is 5. The van der Waals surface area contributed by atoms with Crippen LogP contribution >= 0.6 is 12.4 Å². The molecule has 1 atom stereocenters. The normalized spacial score (nSPS) is 10.3. The van der Waals surface area contributed by atoms with Gasteiger partial charge >= 0.3 is 48.9 Å². The van der Waals surface area contributed by atoms with Gasteiger partial charge in [0, 0.05) is 18.4 Å². The van der Waals surface area contributed by atoms with Gasteiger partial charge in [0.25, 0.3) is 0 Å². The van der Waals surface area contributed by atoms with Crippen molar-refractivity contribution in [3.8, 4) is 0 Å². The van der Waals surface area contributed by atoms with Crippen LogP contribution in [0.15, 0.2) is 0 Å². The van der Waals surface area contributed by atoms with Gasteiger partial charge in [-0.3, -0.25) is 0 Å². The van der Waals surface area contributed by atoms with Crippen LogP contribution in [0.25, 0.3) is 0 Å². The van der Waals surface area contributed by atoms with Crippen molar-refractivity contribution in [1.29, 1.82) is 0 Å². The van der Waals surface area contributed by atoms with Crippen molar-refractivity contribution in [2.45, 2.75) is 12.5 Å². The van der Waals surface area contributed by atoms with Gasteiger partial charge in [-0.2, -0.15) is 0 Å². The van der Waals surface area contributed by atoms with E-state index in [0.717, 1.165) is 0 Å².